The van der Waals surface area contributed by atoms with Gasteiger partial charge in [-0.15, -0.1) is 0 Å². The Morgan fingerprint density at radius 3 is 2.64 bits per heavy atom. The zero-order valence-corrected chi connectivity index (χ0v) is 15.6. The number of halogens is 1. The number of nitrogens with one attached hydrogen (secondary N) is 1. The molecule has 0 saturated carbocycles. The smallest absolute Gasteiger partial charge is 0.251 e. The summed E-state index contributed by atoms with van der Waals surface area (Å²) in [4.78, 5) is 16.6. The van der Waals surface area contributed by atoms with E-state index in [2.05, 4.69) is 26.2 Å². The number of ether oxygens (including phenoxy) is 1. The van der Waals surface area contributed by atoms with Gasteiger partial charge in [-0.05, 0) is 42.8 Å². The van der Waals surface area contributed by atoms with Crippen LogP contribution in [0.4, 0.5) is 0 Å². The summed E-state index contributed by atoms with van der Waals surface area (Å²) >= 11 is 3.40. The van der Waals surface area contributed by atoms with Crippen LogP contribution in [0.5, 0.6) is 5.75 Å². The summed E-state index contributed by atoms with van der Waals surface area (Å²) in [5, 5.41) is 2.92. The SMILES string of the molecule is COc1cc(C(=O)NCc2ccc(Br)cc2)ccc1-n1cnc(C)c1. The van der Waals surface area contributed by atoms with Crippen molar-refractivity contribution in [3.05, 3.63) is 76.3 Å². The van der Waals surface area contributed by atoms with Gasteiger partial charge in [-0.3, -0.25) is 4.79 Å². The van der Waals surface area contributed by atoms with E-state index >= 15 is 0 Å². The molecule has 0 fully saturated rings. The second-order valence-electron chi connectivity index (χ2n) is 5.62. The van der Waals surface area contributed by atoms with Gasteiger partial charge >= 0.3 is 0 Å². The number of aromatic nitrogens is 2. The van der Waals surface area contributed by atoms with E-state index in [0.29, 0.717) is 17.9 Å². The Morgan fingerprint density at radius 2 is 2.00 bits per heavy atom. The number of hydrogen-bond donors (Lipinski definition) is 1. The molecule has 1 N–H and O–H groups in total. The van der Waals surface area contributed by atoms with Gasteiger partial charge in [-0.2, -0.15) is 0 Å². The fraction of sp³-hybridized carbons (Fsp3) is 0.158. The first kappa shape index (κ1) is 17.2. The van der Waals surface area contributed by atoms with Crippen LogP contribution in [-0.2, 0) is 6.54 Å². The van der Waals surface area contributed by atoms with Gasteiger partial charge in [0.1, 0.15) is 5.75 Å². The molecule has 1 heterocycles. The maximum atomic E-state index is 12.4. The molecule has 3 aromatic rings. The lowest BCUT2D eigenvalue weighted by Gasteiger charge is -2.11. The number of rotatable bonds is 5. The van der Waals surface area contributed by atoms with E-state index in [1.165, 1.54) is 0 Å². The van der Waals surface area contributed by atoms with Gasteiger partial charge in [0.15, 0.2) is 0 Å². The average molecular weight is 400 g/mol. The molecule has 0 radical (unpaired) electrons. The first-order chi connectivity index (χ1) is 12.1. The molecule has 1 aromatic heterocycles. The van der Waals surface area contributed by atoms with Gasteiger partial charge < -0.3 is 14.6 Å². The van der Waals surface area contributed by atoms with Crippen LogP contribution >= 0.6 is 15.9 Å². The van der Waals surface area contributed by atoms with Crippen LogP contribution in [0.15, 0.2) is 59.5 Å². The summed E-state index contributed by atoms with van der Waals surface area (Å²) < 4.78 is 8.33. The topological polar surface area (TPSA) is 56.1 Å². The van der Waals surface area contributed by atoms with Gasteiger partial charge in [0.2, 0.25) is 0 Å². The maximum Gasteiger partial charge on any atom is 0.251 e. The molecule has 0 aliphatic rings. The number of carbonyl (C=O) groups is 1. The van der Waals surface area contributed by atoms with Crippen molar-refractivity contribution in [2.24, 2.45) is 0 Å². The van der Waals surface area contributed by atoms with Crippen molar-refractivity contribution < 1.29 is 9.53 Å². The highest BCUT2D eigenvalue weighted by atomic mass is 79.9. The number of benzene rings is 2. The number of nitrogens with zero attached hydrogens (tertiary/aromatic N) is 2. The third kappa shape index (κ3) is 4.09. The third-order valence-electron chi connectivity index (χ3n) is 3.80. The molecule has 0 aliphatic heterocycles. The van der Waals surface area contributed by atoms with E-state index < -0.39 is 0 Å². The van der Waals surface area contributed by atoms with E-state index in [1.807, 2.05) is 48.0 Å². The van der Waals surface area contributed by atoms with Crippen LogP contribution in [0.2, 0.25) is 0 Å². The molecular weight excluding hydrogens is 382 g/mol. The highest BCUT2D eigenvalue weighted by Crippen LogP contribution is 2.24. The first-order valence-electron chi connectivity index (χ1n) is 7.78. The molecule has 3 rings (SSSR count). The predicted molar refractivity (Wildman–Crippen MR) is 100 cm³/mol. The normalized spacial score (nSPS) is 10.5. The summed E-state index contributed by atoms with van der Waals surface area (Å²) in [6, 6.07) is 13.2. The first-order valence-corrected chi connectivity index (χ1v) is 8.58. The Bertz CT molecular complexity index is 888. The lowest BCUT2D eigenvalue weighted by atomic mass is 10.1. The Hall–Kier alpha value is -2.60. The van der Waals surface area contributed by atoms with Crippen molar-refractivity contribution in [2.45, 2.75) is 13.5 Å². The number of hydrogen-bond acceptors (Lipinski definition) is 3. The molecule has 0 spiro atoms. The molecule has 0 unspecified atom stereocenters. The van der Waals surface area contributed by atoms with Crippen LogP contribution in [-0.4, -0.2) is 22.6 Å². The van der Waals surface area contributed by atoms with Crippen molar-refractivity contribution in [2.75, 3.05) is 7.11 Å². The molecule has 128 valence electrons. The Morgan fingerprint density at radius 1 is 1.24 bits per heavy atom. The molecule has 1 amide bonds. The zero-order chi connectivity index (χ0) is 17.8. The van der Waals surface area contributed by atoms with Gasteiger partial charge in [0, 0.05) is 22.8 Å². The van der Waals surface area contributed by atoms with Crippen molar-refractivity contribution in [3.8, 4) is 11.4 Å². The molecule has 0 atom stereocenters. The van der Waals surface area contributed by atoms with E-state index in [9.17, 15) is 4.79 Å². The van der Waals surface area contributed by atoms with E-state index in [-0.39, 0.29) is 5.91 Å². The minimum atomic E-state index is -0.144. The molecule has 25 heavy (non-hydrogen) atoms. The van der Waals surface area contributed by atoms with Gasteiger partial charge in [-0.1, -0.05) is 28.1 Å². The van der Waals surface area contributed by atoms with Gasteiger partial charge in [0.25, 0.3) is 5.91 Å². The highest BCUT2D eigenvalue weighted by Gasteiger charge is 2.11. The molecule has 2 aromatic carbocycles. The molecule has 0 saturated heterocycles. The third-order valence-corrected chi connectivity index (χ3v) is 4.33. The minimum Gasteiger partial charge on any atom is -0.495 e. The van der Waals surface area contributed by atoms with Crippen molar-refractivity contribution in [1.82, 2.24) is 14.9 Å². The van der Waals surface area contributed by atoms with Crippen LogP contribution in [0.25, 0.3) is 5.69 Å². The number of amides is 1. The van der Waals surface area contributed by atoms with Crippen LogP contribution in [0.1, 0.15) is 21.6 Å². The second kappa shape index (κ2) is 7.53. The molecule has 0 aliphatic carbocycles. The van der Waals surface area contributed by atoms with Crippen LogP contribution < -0.4 is 10.1 Å². The minimum absolute atomic E-state index is 0.144. The Labute approximate surface area is 154 Å². The standard InChI is InChI=1S/C19H18BrN3O2/c1-13-11-23(12-22-13)17-8-5-15(9-18(17)25-2)19(24)21-10-14-3-6-16(20)7-4-14/h3-9,11-12H,10H2,1-2H3,(H,21,24). The van der Waals surface area contributed by atoms with Crippen molar-refractivity contribution in [1.29, 1.82) is 0 Å². The summed E-state index contributed by atoms with van der Waals surface area (Å²) in [7, 11) is 1.59. The summed E-state index contributed by atoms with van der Waals surface area (Å²) in [6.07, 6.45) is 3.63. The number of methoxy groups -OCH3 is 1. The summed E-state index contributed by atoms with van der Waals surface area (Å²) in [5.41, 5.74) is 3.34. The largest absolute Gasteiger partial charge is 0.495 e. The lowest BCUT2D eigenvalue weighted by Crippen LogP contribution is -2.22. The fourth-order valence-corrected chi connectivity index (χ4v) is 2.74. The predicted octanol–water partition coefficient (Wildman–Crippen LogP) is 3.88. The Kier molecular flexibility index (Phi) is 5.19. The summed E-state index contributed by atoms with van der Waals surface area (Å²) in [5.74, 6) is 0.475. The fourth-order valence-electron chi connectivity index (χ4n) is 2.47. The number of carbonyl (C=O) groups excluding carboxylic acids is 1. The van der Waals surface area contributed by atoms with E-state index in [1.54, 1.807) is 25.6 Å². The molecule has 6 heteroatoms. The number of imidazole rings is 1. The monoisotopic (exact) mass is 399 g/mol. The van der Waals surface area contributed by atoms with Crippen molar-refractivity contribution >= 4 is 21.8 Å². The number of aryl methyl sites for hydroxylation is 1. The molecular formula is C19H18BrN3O2. The second-order valence-corrected chi connectivity index (χ2v) is 6.53. The summed E-state index contributed by atoms with van der Waals surface area (Å²) in [6.45, 7) is 2.39. The molecule has 0 bridgehead atoms. The Balaban J connectivity index is 1.75. The highest BCUT2D eigenvalue weighted by molar-refractivity contribution is 9.10. The van der Waals surface area contributed by atoms with Crippen LogP contribution in [0.3, 0.4) is 0 Å². The zero-order valence-electron chi connectivity index (χ0n) is 14.0. The maximum absolute atomic E-state index is 12.4. The van der Waals surface area contributed by atoms with Crippen molar-refractivity contribution in [3.63, 3.8) is 0 Å². The lowest BCUT2D eigenvalue weighted by molar-refractivity contribution is 0.0950. The van der Waals surface area contributed by atoms with Gasteiger partial charge in [-0.25, -0.2) is 4.98 Å². The van der Waals surface area contributed by atoms with Gasteiger partial charge in [0.05, 0.1) is 24.8 Å². The van der Waals surface area contributed by atoms with E-state index in [0.717, 1.165) is 21.4 Å². The molecule has 5 nitrogen and oxygen atoms in total. The quantitative estimate of drug-likeness (QED) is 0.707. The van der Waals surface area contributed by atoms with Crippen LogP contribution in [0, 0.1) is 6.92 Å². The van der Waals surface area contributed by atoms with E-state index in [4.69, 9.17) is 4.74 Å². The average Bonchev–Trinajstić information content (AvgIpc) is 3.06.